The van der Waals surface area contributed by atoms with Crippen LogP contribution < -0.4 is 5.56 Å². The Balaban J connectivity index is 1.79. The van der Waals surface area contributed by atoms with E-state index in [1.165, 1.54) is 22.9 Å². The van der Waals surface area contributed by atoms with Gasteiger partial charge in [0, 0.05) is 18.5 Å². The molecule has 0 unspecified atom stereocenters. The lowest BCUT2D eigenvalue weighted by Gasteiger charge is -2.06. The maximum Gasteiger partial charge on any atom is 0.358 e. The number of carbonyl (C=O) groups excluding carboxylic acids is 1. The first-order valence-corrected chi connectivity index (χ1v) is 6.97. The summed E-state index contributed by atoms with van der Waals surface area (Å²) < 4.78 is 6.58. The molecule has 3 aromatic rings. The lowest BCUT2D eigenvalue weighted by Crippen LogP contribution is -2.17. The summed E-state index contributed by atoms with van der Waals surface area (Å²) in [5, 5.41) is 0. The minimum atomic E-state index is -0.608. The van der Waals surface area contributed by atoms with Crippen LogP contribution in [0.1, 0.15) is 27.4 Å². The molecular weight excluding hydrogens is 296 g/mol. The second-order valence-corrected chi connectivity index (χ2v) is 5.14. The number of aryl methyl sites for hydroxylation is 2. The average Bonchev–Trinajstić information content (AvgIpc) is 2.54. The van der Waals surface area contributed by atoms with Crippen LogP contribution in [-0.2, 0) is 11.3 Å². The topological polar surface area (TPSA) is 86.4 Å². The fourth-order valence-corrected chi connectivity index (χ4v) is 2.04. The van der Waals surface area contributed by atoms with Gasteiger partial charge in [-0.2, -0.15) is 0 Å². The van der Waals surface area contributed by atoms with Crippen molar-refractivity contribution in [3.05, 3.63) is 69.8 Å². The van der Waals surface area contributed by atoms with E-state index in [4.69, 9.17) is 4.74 Å². The fraction of sp³-hybridized carbons (Fsp3) is 0.188. The molecule has 0 saturated carbocycles. The van der Waals surface area contributed by atoms with Gasteiger partial charge in [-0.1, -0.05) is 6.07 Å². The number of hydrogen-bond donors (Lipinski definition) is 0. The molecule has 7 heteroatoms. The maximum absolute atomic E-state index is 12.1. The molecule has 0 aliphatic heterocycles. The third-order valence-corrected chi connectivity index (χ3v) is 3.20. The van der Waals surface area contributed by atoms with Crippen molar-refractivity contribution < 1.29 is 9.53 Å². The van der Waals surface area contributed by atoms with Crippen molar-refractivity contribution in [2.24, 2.45) is 0 Å². The molecule has 3 rings (SSSR count). The third-order valence-electron chi connectivity index (χ3n) is 3.20. The molecular formula is C16H14N4O3. The van der Waals surface area contributed by atoms with E-state index in [1.807, 2.05) is 13.0 Å². The van der Waals surface area contributed by atoms with Gasteiger partial charge in [0.1, 0.15) is 12.3 Å². The highest BCUT2D eigenvalue weighted by atomic mass is 16.5. The summed E-state index contributed by atoms with van der Waals surface area (Å²) >= 11 is 0. The first-order chi connectivity index (χ1) is 11.0. The smallest absolute Gasteiger partial charge is 0.358 e. The zero-order valence-electron chi connectivity index (χ0n) is 12.7. The lowest BCUT2D eigenvalue weighted by atomic mass is 10.3. The molecule has 7 nitrogen and oxygen atoms in total. The molecule has 23 heavy (non-hydrogen) atoms. The quantitative estimate of drug-likeness (QED) is 0.681. The van der Waals surface area contributed by atoms with Gasteiger partial charge in [-0.25, -0.2) is 14.8 Å². The highest BCUT2D eigenvalue weighted by molar-refractivity contribution is 5.86. The maximum atomic E-state index is 12.1. The number of ether oxygens (including phenoxy) is 1. The molecule has 0 amide bonds. The van der Waals surface area contributed by atoms with Crippen LogP contribution >= 0.6 is 0 Å². The molecule has 0 aromatic carbocycles. The Labute approximate surface area is 131 Å². The molecule has 0 radical (unpaired) electrons. The van der Waals surface area contributed by atoms with Crippen molar-refractivity contribution in [2.75, 3.05) is 0 Å². The van der Waals surface area contributed by atoms with E-state index in [0.717, 1.165) is 5.56 Å². The molecule has 0 saturated heterocycles. The average molecular weight is 310 g/mol. The monoisotopic (exact) mass is 310 g/mol. The number of pyridine rings is 1. The first-order valence-electron chi connectivity index (χ1n) is 6.97. The van der Waals surface area contributed by atoms with E-state index >= 15 is 0 Å². The highest BCUT2D eigenvalue weighted by Gasteiger charge is 2.11. The van der Waals surface area contributed by atoms with Crippen molar-refractivity contribution in [1.29, 1.82) is 0 Å². The Kier molecular flexibility index (Phi) is 3.84. The summed E-state index contributed by atoms with van der Waals surface area (Å²) in [7, 11) is 0. The van der Waals surface area contributed by atoms with Gasteiger partial charge in [0.25, 0.3) is 5.56 Å². The number of nitrogens with zero attached hydrogens (tertiary/aromatic N) is 4. The zero-order chi connectivity index (χ0) is 16.4. The Morgan fingerprint density at radius 3 is 2.78 bits per heavy atom. The number of carbonyl (C=O) groups is 1. The summed E-state index contributed by atoms with van der Waals surface area (Å²) in [5.74, 6) is -0.608. The Morgan fingerprint density at radius 2 is 2.04 bits per heavy atom. The van der Waals surface area contributed by atoms with E-state index in [1.54, 1.807) is 19.2 Å². The van der Waals surface area contributed by atoms with Gasteiger partial charge in [-0.05, 0) is 25.5 Å². The second kappa shape index (κ2) is 5.96. The van der Waals surface area contributed by atoms with Crippen LogP contribution in [-0.4, -0.2) is 25.3 Å². The summed E-state index contributed by atoms with van der Waals surface area (Å²) in [6, 6.07) is 4.95. The molecule has 0 atom stereocenters. The zero-order valence-corrected chi connectivity index (χ0v) is 12.7. The fourth-order valence-electron chi connectivity index (χ4n) is 2.04. The van der Waals surface area contributed by atoms with Crippen LogP contribution in [0.2, 0.25) is 0 Å². The largest absolute Gasteiger partial charge is 0.454 e. The highest BCUT2D eigenvalue weighted by Crippen LogP contribution is 2.05. The summed E-state index contributed by atoms with van der Waals surface area (Å²) in [6.45, 7) is 3.56. The number of esters is 1. The first kappa shape index (κ1) is 14.8. The number of rotatable bonds is 3. The SMILES string of the molecule is Cc1ccc2nc(COC(=O)c3cnc(C)cn3)cc(=O)n2c1. The van der Waals surface area contributed by atoms with Gasteiger partial charge in [-0.15, -0.1) is 0 Å². The normalized spacial score (nSPS) is 10.7. The van der Waals surface area contributed by atoms with E-state index in [0.29, 0.717) is 17.0 Å². The number of fused-ring (bicyclic) bond motifs is 1. The Morgan fingerprint density at radius 1 is 1.22 bits per heavy atom. The van der Waals surface area contributed by atoms with Crippen LogP contribution in [0.25, 0.3) is 5.65 Å². The van der Waals surface area contributed by atoms with E-state index in [9.17, 15) is 9.59 Å². The van der Waals surface area contributed by atoms with Crippen LogP contribution in [0.4, 0.5) is 0 Å². The van der Waals surface area contributed by atoms with E-state index in [2.05, 4.69) is 15.0 Å². The van der Waals surface area contributed by atoms with E-state index < -0.39 is 5.97 Å². The molecule has 3 aromatic heterocycles. The van der Waals surface area contributed by atoms with E-state index in [-0.39, 0.29) is 17.9 Å². The molecule has 0 bridgehead atoms. The molecule has 0 aliphatic rings. The second-order valence-electron chi connectivity index (χ2n) is 5.14. The van der Waals surface area contributed by atoms with Gasteiger partial charge in [0.05, 0.1) is 17.6 Å². The van der Waals surface area contributed by atoms with Gasteiger partial charge in [0.15, 0.2) is 5.69 Å². The lowest BCUT2D eigenvalue weighted by molar-refractivity contribution is 0.0460. The van der Waals surface area contributed by atoms with Gasteiger partial charge < -0.3 is 4.74 Å². The van der Waals surface area contributed by atoms with Crippen LogP contribution in [0, 0.1) is 13.8 Å². The molecule has 116 valence electrons. The predicted octanol–water partition coefficient (Wildman–Crippen LogP) is 1.46. The summed E-state index contributed by atoms with van der Waals surface area (Å²) in [4.78, 5) is 36.2. The van der Waals surface area contributed by atoms with Gasteiger partial charge in [-0.3, -0.25) is 14.2 Å². The molecule has 0 spiro atoms. The van der Waals surface area contributed by atoms with Crippen molar-refractivity contribution in [2.45, 2.75) is 20.5 Å². The van der Waals surface area contributed by atoms with Gasteiger partial charge >= 0.3 is 5.97 Å². The van der Waals surface area contributed by atoms with Crippen molar-refractivity contribution in [1.82, 2.24) is 19.4 Å². The predicted molar refractivity (Wildman–Crippen MR) is 82.1 cm³/mol. The summed E-state index contributed by atoms with van der Waals surface area (Å²) in [5.41, 5.74) is 2.44. The minimum absolute atomic E-state index is 0.103. The van der Waals surface area contributed by atoms with Crippen LogP contribution in [0.5, 0.6) is 0 Å². The number of aromatic nitrogens is 4. The number of hydrogen-bond acceptors (Lipinski definition) is 6. The molecule has 3 heterocycles. The third kappa shape index (κ3) is 3.23. The summed E-state index contributed by atoms with van der Waals surface area (Å²) in [6.07, 6.45) is 4.55. The Bertz CT molecular complexity index is 932. The standard InChI is InChI=1S/C16H14N4O3/c1-10-3-4-14-19-12(5-15(21)20(14)8-10)9-23-16(22)13-7-17-11(2)6-18-13/h3-8H,9H2,1-2H3. The van der Waals surface area contributed by atoms with Crippen molar-refractivity contribution in [3.8, 4) is 0 Å². The van der Waals surface area contributed by atoms with Crippen LogP contribution in [0.15, 0.2) is 41.6 Å². The van der Waals surface area contributed by atoms with Gasteiger partial charge in [0.2, 0.25) is 0 Å². The Hall–Kier alpha value is -3.09. The van der Waals surface area contributed by atoms with Crippen molar-refractivity contribution in [3.63, 3.8) is 0 Å². The molecule has 0 N–H and O–H groups in total. The van der Waals surface area contributed by atoms with Crippen molar-refractivity contribution >= 4 is 11.6 Å². The molecule has 0 aliphatic carbocycles. The minimum Gasteiger partial charge on any atom is -0.454 e. The van der Waals surface area contributed by atoms with Crippen LogP contribution in [0.3, 0.4) is 0 Å². The molecule has 0 fully saturated rings.